The lowest BCUT2D eigenvalue weighted by Gasteiger charge is -2.33. The number of nitrogens with zero attached hydrogens (tertiary/aromatic N) is 1. The Morgan fingerprint density at radius 1 is 1.39 bits per heavy atom. The first-order chi connectivity index (χ1) is 8.43. The fourth-order valence-corrected chi connectivity index (χ4v) is 3.26. The van der Waals surface area contributed by atoms with Gasteiger partial charge in [-0.2, -0.15) is 0 Å². The van der Waals surface area contributed by atoms with E-state index in [9.17, 15) is 4.79 Å². The average molecular weight is 360 g/mol. The van der Waals surface area contributed by atoms with Gasteiger partial charge in [0.15, 0.2) is 0 Å². The number of H-pyrrole nitrogens is 1. The van der Waals surface area contributed by atoms with Gasteiger partial charge in [0.2, 0.25) is 0 Å². The molecule has 100 valence electrons. The number of aromatic nitrogens is 2. The molecule has 1 N–H and O–H groups in total. The van der Waals surface area contributed by atoms with E-state index in [1.165, 1.54) is 12.8 Å². The Hall–Kier alpha value is -0.390. The maximum atomic E-state index is 11.9. The highest BCUT2D eigenvalue weighted by atomic mass is 127. The summed E-state index contributed by atoms with van der Waals surface area (Å²) in [6.07, 6.45) is 5.54. The van der Waals surface area contributed by atoms with E-state index in [0.29, 0.717) is 11.3 Å². The molecule has 18 heavy (non-hydrogen) atoms. The van der Waals surface area contributed by atoms with Crippen molar-refractivity contribution in [3.05, 3.63) is 25.4 Å². The van der Waals surface area contributed by atoms with Crippen LogP contribution in [0.15, 0.2) is 4.79 Å². The fraction of sp³-hybridized carbons (Fsp3) is 0.714. The first kappa shape index (κ1) is 14.0. The summed E-state index contributed by atoms with van der Waals surface area (Å²) >= 11 is 2.09. The number of hydrogen-bond acceptors (Lipinski definition) is 2. The molecule has 1 heterocycles. The van der Waals surface area contributed by atoms with Crippen LogP contribution in [-0.4, -0.2) is 9.97 Å². The summed E-state index contributed by atoms with van der Waals surface area (Å²) in [5.74, 6) is 1.35. The van der Waals surface area contributed by atoms with Gasteiger partial charge < -0.3 is 4.98 Å². The predicted molar refractivity (Wildman–Crippen MR) is 81.9 cm³/mol. The van der Waals surface area contributed by atoms with E-state index in [1.54, 1.807) is 0 Å². The van der Waals surface area contributed by atoms with Gasteiger partial charge in [-0.1, -0.05) is 20.8 Å². The number of aromatic amines is 1. The molecular weight excluding hydrogens is 339 g/mol. The molecule has 2 rings (SSSR count). The monoisotopic (exact) mass is 360 g/mol. The molecule has 0 saturated heterocycles. The summed E-state index contributed by atoms with van der Waals surface area (Å²) in [4.78, 5) is 19.5. The summed E-state index contributed by atoms with van der Waals surface area (Å²) in [5, 5.41) is 0. The summed E-state index contributed by atoms with van der Waals surface area (Å²) in [5.41, 5.74) is 1.43. The van der Waals surface area contributed by atoms with Crippen molar-refractivity contribution in [2.75, 3.05) is 0 Å². The molecule has 1 aromatic heterocycles. The zero-order valence-electron chi connectivity index (χ0n) is 11.3. The fourth-order valence-electron chi connectivity index (χ4n) is 2.62. The smallest absolute Gasteiger partial charge is 0.264 e. The van der Waals surface area contributed by atoms with Crippen LogP contribution in [0.25, 0.3) is 0 Å². The van der Waals surface area contributed by atoms with Crippen molar-refractivity contribution in [3.63, 3.8) is 0 Å². The molecule has 1 aliphatic carbocycles. The number of halogens is 1. The highest BCUT2D eigenvalue weighted by Crippen LogP contribution is 2.41. The van der Waals surface area contributed by atoms with Gasteiger partial charge in [0.1, 0.15) is 5.82 Å². The highest BCUT2D eigenvalue weighted by Gasteiger charge is 2.29. The van der Waals surface area contributed by atoms with Gasteiger partial charge in [-0.25, -0.2) is 4.98 Å². The zero-order chi connectivity index (χ0) is 13.3. The number of nitrogens with one attached hydrogen (secondary N) is 1. The summed E-state index contributed by atoms with van der Waals surface area (Å²) in [6.45, 7) is 6.70. The molecule has 0 amide bonds. The molecule has 0 unspecified atom stereocenters. The molecule has 1 saturated carbocycles. The molecule has 1 aliphatic rings. The maximum absolute atomic E-state index is 11.9. The van der Waals surface area contributed by atoms with E-state index in [0.717, 1.165) is 34.4 Å². The zero-order valence-corrected chi connectivity index (χ0v) is 13.5. The Labute approximate surface area is 122 Å². The SMILES string of the molecule is CCc1nc(C2CCC(C)(C)CC2)[nH]c(=O)c1I. The minimum atomic E-state index is 0.0299. The Morgan fingerprint density at radius 3 is 2.56 bits per heavy atom. The Bertz CT molecular complexity index is 483. The molecule has 0 radical (unpaired) electrons. The van der Waals surface area contributed by atoms with Crippen molar-refractivity contribution >= 4 is 22.6 Å². The topological polar surface area (TPSA) is 45.8 Å². The standard InChI is InChI=1S/C14H21IN2O/c1-4-10-11(15)13(18)17-12(16-10)9-5-7-14(2,3)8-6-9/h9H,4-8H2,1-3H3,(H,16,17,18). The minimum Gasteiger partial charge on any atom is -0.309 e. The van der Waals surface area contributed by atoms with E-state index < -0.39 is 0 Å². The first-order valence-electron chi connectivity index (χ1n) is 6.71. The molecule has 0 atom stereocenters. The second-order valence-electron chi connectivity index (χ2n) is 6.00. The van der Waals surface area contributed by atoms with Crippen LogP contribution in [0.5, 0.6) is 0 Å². The van der Waals surface area contributed by atoms with Gasteiger partial charge in [0, 0.05) is 5.92 Å². The van der Waals surface area contributed by atoms with Gasteiger partial charge in [-0.3, -0.25) is 4.79 Å². The van der Waals surface area contributed by atoms with Crippen molar-refractivity contribution in [1.29, 1.82) is 0 Å². The second-order valence-corrected chi connectivity index (χ2v) is 7.08. The summed E-state index contributed by atoms with van der Waals surface area (Å²) < 4.78 is 0.745. The Kier molecular flexibility index (Phi) is 4.14. The van der Waals surface area contributed by atoms with Crippen molar-refractivity contribution < 1.29 is 0 Å². The third-order valence-corrected chi connectivity index (χ3v) is 5.12. The van der Waals surface area contributed by atoms with Gasteiger partial charge in [-0.05, 0) is 60.1 Å². The average Bonchev–Trinajstić information content (AvgIpc) is 2.32. The molecule has 4 heteroatoms. The number of aryl methyl sites for hydroxylation is 1. The molecular formula is C14H21IN2O. The van der Waals surface area contributed by atoms with Gasteiger partial charge in [-0.15, -0.1) is 0 Å². The van der Waals surface area contributed by atoms with Crippen LogP contribution in [0, 0.1) is 8.99 Å². The molecule has 0 bridgehead atoms. The third kappa shape index (κ3) is 2.95. The van der Waals surface area contributed by atoms with Crippen LogP contribution in [0.1, 0.15) is 63.9 Å². The number of rotatable bonds is 2. The lowest BCUT2D eigenvalue weighted by Crippen LogP contribution is -2.25. The Morgan fingerprint density at radius 2 is 2.00 bits per heavy atom. The highest BCUT2D eigenvalue weighted by molar-refractivity contribution is 14.1. The summed E-state index contributed by atoms with van der Waals surface area (Å²) in [7, 11) is 0. The predicted octanol–water partition coefficient (Wildman–Crippen LogP) is 3.62. The maximum Gasteiger partial charge on any atom is 0.264 e. The van der Waals surface area contributed by atoms with Crippen LogP contribution < -0.4 is 5.56 Å². The quantitative estimate of drug-likeness (QED) is 0.819. The summed E-state index contributed by atoms with van der Waals surface area (Å²) in [6, 6.07) is 0. The molecule has 1 aromatic rings. The van der Waals surface area contributed by atoms with Crippen LogP contribution in [0.4, 0.5) is 0 Å². The van der Waals surface area contributed by atoms with Crippen LogP contribution in [0.3, 0.4) is 0 Å². The van der Waals surface area contributed by atoms with Crippen molar-refractivity contribution in [3.8, 4) is 0 Å². The van der Waals surface area contributed by atoms with Crippen LogP contribution in [0.2, 0.25) is 0 Å². The molecule has 3 nitrogen and oxygen atoms in total. The van der Waals surface area contributed by atoms with E-state index in [4.69, 9.17) is 0 Å². The Balaban J connectivity index is 2.25. The van der Waals surface area contributed by atoms with Crippen molar-refractivity contribution in [2.45, 2.75) is 58.8 Å². The largest absolute Gasteiger partial charge is 0.309 e. The van der Waals surface area contributed by atoms with E-state index in [1.807, 2.05) is 0 Å². The number of hydrogen-bond donors (Lipinski definition) is 1. The van der Waals surface area contributed by atoms with E-state index >= 15 is 0 Å². The van der Waals surface area contributed by atoms with Gasteiger partial charge in [0.05, 0.1) is 9.26 Å². The molecule has 1 fully saturated rings. The van der Waals surface area contributed by atoms with Gasteiger partial charge >= 0.3 is 0 Å². The molecule has 0 aromatic carbocycles. The lowest BCUT2D eigenvalue weighted by molar-refractivity contribution is 0.220. The minimum absolute atomic E-state index is 0.0299. The van der Waals surface area contributed by atoms with Crippen molar-refractivity contribution in [1.82, 2.24) is 9.97 Å². The van der Waals surface area contributed by atoms with Crippen LogP contribution >= 0.6 is 22.6 Å². The molecule has 0 aliphatic heterocycles. The lowest BCUT2D eigenvalue weighted by atomic mass is 9.73. The van der Waals surface area contributed by atoms with Crippen molar-refractivity contribution in [2.24, 2.45) is 5.41 Å². The van der Waals surface area contributed by atoms with Crippen LogP contribution in [-0.2, 0) is 6.42 Å². The van der Waals surface area contributed by atoms with Gasteiger partial charge in [0.25, 0.3) is 5.56 Å². The molecule has 0 spiro atoms. The van der Waals surface area contributed by atoms with E-state index in [-0.39, 0.29) is 5.56 Å². The second kappa shape index (κ2) is 5.31. The normalized spacial score (nSPS) is 20.0. The first-order valence-corrected chi connectivity index (χ1v) is 7.79. The van der Waals surface area contributed by atoms with E-state index in [2.05, 4.69) is 53.3 Å². The third-order valence-electron chi connectivity index (χ3n) is 4.01.